The van der Waals surface area contributed by atoms with Crippen molar-refractivity contribution >= 4 is 23.4 Å². The lowest BCUT2D eigenvalue weighted by molar-refractivity contribution is -0.130. The summed E-state index contributed by atoms with van der Waals surface area (Å²) in [5.41, 5.74) is 4.55. The number of nitrogens with one attached hydrogen (secondary N) is 4. The molecule has 2 heterocycles. The number of amides is 3. The van der Waals surface area contributed by atoms with Crippen LogP contribution in [0.1, 0.15) is 31.3 Å². The third kappa shape index (κ3) is 4.50. The van der Waals surface area contributed by atoms with Crippen molar-refractivity contribution in [2.45, 2.75) is 40.0 Å². The number of aryl methyl sites for hydroxylation is 2. The van der Waals surface area contributed by atoms with E-state index in [9.17, 15) is 9.59 Å². The van der Waals surface area contributed by atoms with E-state index >= 15 is 0 Å². The molecule has 1 aliphatic heterocycles. The minimum atomic E-state index is -0.580. The van der Waals surface area contributed by atoms with E-state index in [1.807, 2.05) is 76.2 Å². The average Bonchev–Trinajstić information content (AvgIpc) is 3.18. The molecule has 4 rings (SSSR count). The summed E-state index contributed by atoms with van der Waals surface area (Å²) < 4.78 is 1.60. The van der Waals surface area contributed by atoms with Gasteiger partial charge in [-0.1, -0.05) is 43.3 Å². The third-order valence-corrected chi connectivity index (χ3v) is 5.92. The second kappa shape index (κ2) is 8.84. The number of aromatic nitrogens is 2. The highest BCUT2D eigenvalue weighted by atomic mass is 16.2. The quantitative estimate of drug-likeness (QED) is 0.500. The highest BCUT2D eigenvalue weighted by Gasteiger charge is 2.32. The molecule has 0 spiro atoms. The number of hydrogen-bond donors (Lipinski definition) is 4. The summed E-state index contributed by atoms with van der Waals surface area (Å²) in [6.45, 7) is 7.85. The van der Waals surface area contributed by atoms with Crippen molar-refractivity contribution in [2.75, 3.05) is 10.6 Å². The van der Waals surface area contributed by atoms with Gasteiger partial charge in [-0.15, -0.1) is 0 Å². The Kier molecular flexibility index (Phi) is 5.96. The molecule has 166 valence electrons. The molecule has 32 heavy (non-hydrogen) atoms. The molecule has 1 fully saturated rings. The van der Waals surface area contributed by atoms with Crippen LogP contribution < -0.4 is 21.3 Å². The van der Waals surface area contributed by atoms with Crippen LogP contribution >= 0.6 is 0 Å². The van der Waals surface area contributed by atoms with E-state index in [0.29, 0.717) is 17.2 Å². The van der Waals surface area contributed by atoms with Crippen molar-refractivity contribution < 1.29 is 9.59 Å². The van der Waals surface area contributed by atoms with E-state index in [0.717, 1.165) is 16.7 Å². The second-order valence-electron chi connectivity index (χ2n) is 8.26. The van der Waals surface area contributed by atoms with Crippen molar-refractivity contribution in [1.82, 2.24) is 20.4 Å². The van der Waals surface area contributed by atoms with Gasteiger partial charge in [0, 0.05) is 23.4 Å². The fourth-order valence-electron chi connectivity index (χ4n) is 3.59. The minimum Gasteiger partial charge on any atom is -0.322 e. The van der Waals surface area contributed by atoms with Crippen LogP contribution in [-0.4, -0.2) is 27.8 Å². The van der Waals surface area contributed by atoms with Crippen LogP contribution in [0.3, 0.4) is 0 Å². The first-order valence-corrected chi connectivity index (χ1v) is 10.7. The summed E-state index contributed by atoms with van der Waals surface area (Å²) in [5, 5.41) is 16.7. The maximum atomic E-state index is 12.8. The number of carbonyl (C=O) groups excluding carboxylic acids is 2. The Morgan fingerprint density at radius 2 is 1.75 bits per heavy atom. The Bertz CT molecular complexity index is 1140. The molecule has 0 saturated carbocycles. The molecular weight excluding hydrogens is 404 g/mol. The fourth-order valence-corrected chi connectivity index (χ4v) is 3.59. The summed E-state index contributed by atoms with van der Waals surface area (Å²) in [4.78, 5) is 25.2. The van der Waals surface area contributed by atoms with Gasteiger partial charge < -0.3 is 10.6 Å². The number of rotatable bonds is 4. The van der Waals surface area contributed by atoms with Crippen LogP contribution in [0.15, 0.2) is 54.6 Å². The largest absolute Gasteiger partial charge is 0.324 e. The van der Waals surface area contributed by atoms with Crippen molar-refractivity contribution in [3.63, 3.8) is 0 Å². The minimum absolute atomic E-state index is 0.0460. The van der Waals surface area contributed by atoms with Crippen molar-refractivity contribution in [2.24, 2.45) is 5.92 Å². The summed E-state index contributed by atoms with van der Waals surface area (Å²) in [7, 11) is 0. The zero-order valence-corrected chi connectivity index (χ0v) is 18.6. The Labute approximate surface area is 187 Å². The van der Waals surface area contributed by atoms with Gasteiger partial charge in [-0.3, -0.25) is 15.4 Å². The third-order valence-electron chi connectivity index (χ3n) is 5.92. The van der Waals surface area contributed by atoms with Gasteiger partial charge in [0.05, 0.1) is 11.6 Å². The van der Waals surface area contributed by atoms with Gasteiger partial charge in [-0.2, -0.15) is 5.10 Å². The molecule has 0 radical (unpaired) electrons. The monoisotopic (exact) mass is 432 g/mol. The molecule has 0 bridgehead atoms. The molecule has 3 unspecified atom stereocenters. The van der Waals surface area contributed by atoms with Gasteiger partial charge >= 0.3 is 6.03 Å². The molecule has 1 aromatic heterocycles. The lowest BCUT2D eigenvalue weighted by atomic mass is 10.0. The molecule has 0 aliphatic carbocycles. The Hall–Kier alpha value is -3.65. The molecule has 1 saturated heterocycles. The van der Waals surface area contributed by atoms with E-state index in [4.69, 9.17) is 0 Å². The molecular formula is C24H28N6O2. The van der Waals surface area contributed by atoms with Gasteiger partial charge in [-0.05, 0) is 44.0 Å². The highest BCUT2D eigenvalue weighted by molar-refractivity contribution is 5.99. The maximum absolute atomic E-state index is 12.8. The van der Waals surface area contributed by atoms with Crippen LogP contribution in [0, 0.1) is 19.8 Å². The van der Waals surface area contributed by atoms with Crippen LogP contribution in [0.2, 0.25) is 0 Å². The van der Waals surface area contributed by atoms with E-state index in [1.54, 1.807) is 10.7 Å². The zero-order chi connectivity index (χ0) is 22.8. The van der Waals surface area contributed by atoms with Crippen LogP contribution in [0.5, 0.6) is 0 Å². The number of hydrogen-bond acceptors (Lipinski definition) is 4. The zero-order valence-electron chi connectivity index (χ0n) is 18.6. The van der Waals surface area contributed by atoms with E-state index in [2.05, 4.69) is 26.4 Å². The molecule has 3 amide bonds. The van der Waals surface area contributed by atoms with E-state index < -0.39 is 12.3 Å². The summed E-state index contributed by atoms with van der Waals surface area (Å²) in [5.74, 6) is 0.230. The standard InChI is InChI=1S/C24H28N6O2/c1-14-10-11-19(12-15(14)2)26-24(32)27-21-13-20(18-8-6-5-7-9-18)29-30(21)23-25-17(4)16(3)22(31)28-23/h5-13,16-17,23,25H,1-4H3,(H,28,31)(H2,26,27,32). The number of carbonyl (C=O) groups is 2. The molecule has 3 atom stereocenters. The molecule has 8 heteroatoms. The van der Waals surface area contributed by atoms with Crippen LogP contribution in [-0.2, 0) is 4.79 Å². The lowest BCUT2D eigenvalue weighted by Crippen LogP contribution is -2.57. The van der Waals surface area contributed by atoms with Gasteiger partial charge in [0.2, 0.25) is 5.91 Å². The van der Waals surface area contributed by atoms with Gasteiger partial charge in [0.25, 0.3) is 0 Å². The van der Waals surface area contributed by atoms with Crippen LogP contribution in [0.4, 0.5) is 16.3 Å². The first kappa shape index (κ1) is 21.6. The Balaban J connectivity index is 1.62. The molecule has 8 nitrogen and oxygen atoms in total. The summed E-state index contributed by atoms with van der Waals surface area (Å²) >= 11 is 0. The maximum Gasteiger partial charge on any atom is 0.324 e. The van der Waals surface area contributed by atoms with Gasteiger partial charge in [0.15, 0.2) is 6.29 Å². The second-order valence-corrected chi connectivity index (χ2v) is 8.26. The van der Waals surface area contributed by atoms with Crippen molar-refractivity contribution in [3.05, 3.63) is 65.7 Å². The normalized spacial score (nSPS) is 20.5. The van der Waals surface area contributed by atoms with Gasteiger partial charge in [-0.25, -0.2) is 9.48 Å². The van der Waals surface area contributed by atoms with Crippen molar-refractivity contribution in [1.29, 1.82) is 0 Å². The average molecular weight is 433 g/mol. The fraction of sp³-hybridized carbons (Fsp3) is 0.292. The lowest BCUT2D eigenvalue weighted by Gasteiger charge is -2.34. The molecule has 2 aromatic carbocycles. The smallest absolute Gasteiger partial charge is 0.322 e. The number of anilines is 2. The molecule has 3 aromatic rings. The number of nitrogens with zero attached hydrogens (tertiary/aromatic N) is 2. The SMILES string of the molecule is Cc1ccc(NC(=O)Nc2cc(-c3ccccc3)nn2C2NC(=O)C(C)C(C)N2)cc1C. The number of urea groups is 1. The Morgan fingerprint density at radius 1 is 1.00 bits per heavy atom. The van der Waals surface area contributed by atoms with E-state index in [-0.39, 0.29) is 17.9 Å². The first-order chi connectivity index (χ1) is 15.3. The van der Waals surface area contributed by atoms with Crippen molar-refractivity contribution in [3.8, 4) is 11.3 Å². The molecule has 4 N–H and O–H groups in total. The highest BCUT2D eigenvalue weighted by Crippen LogP contribution is 2.25. The van der Waals surface area contributed by atoms with Crippen LogP contribution in [0.25, 0.3) is 11.3 Å². The summed E-state index contributed by atoms with van der Waals surface area (Å²) in [6, 6.07) is 16.8. The van der Waals surface area contributed by atoms with E-state index in [1.165, 1.54) is 0 Å². The summed E-state index contributed by atoms with van der Waals surface area (Å²) in [6.07, 6.45) is -0.580. The first-order valence-electron chi connectivity index (χ1n) is 10.7. The molecule has 1 aliphatic rings. The number of benzene rings is 2. The topological polar surface area (TPSA) is 100 Å². The van der Waals surface area contributed by atoms with Gasteiger partial charge in [0.1, 0.15) is 5.82 Å². The predicted octanol–water partition coefficient (Wildman–Crippen LogP) is 4.01. The Morgan fingerprint density at radius 3 is 2.44 bits per heavy atom. The predicted molar refractivity (Wildman–Crippen MR) is 125 cm³/mol.